The van der Waals surface area contributed by atoms with Gasteiger partial charge in [-0.25, -0.2) is 0 Å². The smallest absolute Gasteiger partial charge is 0.416 e. The van der Waals surface area contributed by atoms with Crippen molar-refractivity contribution in [2.75, 3.05) is 0 Å². The van der Waals surface area contributed by atoms with Crippen LogP contribution in [0.5, 0.6) is 5.75 Å². The van der Waals surface area contributed by atoms with Gasteiger partial charge < -0.3 is 15.1 Å². The number of phenolic OH excluding ortho intramolecular Hbond substituents is 1. The Hall–Kier alpha value is -3.78. The maximum atomic E-state index is 13.2. The molecule has 1 aliphatic rings. The molecule has 0 aromatic heterocycles. The first-order chi connectivity index (χ1) is 16.1. The van der Waals surface area contributed by atoms with Crippen LogP contribution < -0.4 is 0 Å². The van der Waals surface area contributed by atoms with E-state index in [9.17, 15) is 33.0 Å². The SMILES string of the molecule is O=C1C(=O)N(Cc2cccc(C(F)(F)F)c2)C(c2ccc(O)cc2)/C1=C(\O)c1ccc(Cl)cc1. The number of likely N-dealkylation sites (tertiary alicyclic amines) is 1. The van der Waals surface area contributed by atoms with Crippen LogP contribution in [0.25, 0.3) is 5.76 Å². The van der Waals surface area contributed by atoms with E-state index in [4.69, 9.17) is 11.6 Å². The first-order valence-corrected chi connectivity index (χ1v) is 10.4. The van der Waals surface area contributed by atoms with Crippen molar-refractivity contribution in [2.24, 2.45) is 0 Å². The number of Topliss-reactive ketones (excluding diaryl/α,β-unsaturated/α-hetero) is 1. The zero-order valence-corrected chi connectivity index (χ0v) is 18.1. The van der Waals surface area contributed by atoms with Crippen molar-refractivity contribution in [1.29, 1.82) is 0 Å². The number of rotatable bonds is 4. The van der Waals surface area contributed by atoms with Crippen LogP contribution in [0.15, 0.2) is 78.4 Å². The van der Waals surface area contributed by atoms with Gasteiger partial charge in [0.05, 0.1) is 17.2 Å². The molecule has 0 spiro atoms. The van der Waals surface area contributed by atoms with Gasteiger partial charge in [-0.1, -0.05) is 35.9 Å². The number of hydrogen-bond acceptors (Lipinski definition) is 4. The summed E-state index contributed by atoms with van der Waals surface area (Å²) in [4.78, 5) is 27.1. The first kappa shape index (κ1) is 23.4. The number of aromatic hydroxyl groups is 1. The quantitative estimate of drug-likeness (QED) is 0.282. The highest BCUT2D eigenvalue weighted by Crippen LogP contribution is 2.41. The molecule has 1 aliphatic heterocycles. The second kappa shape index (κ2) is 8.87. The summed E-state index contributed by atoms with van der Waals surface area (Å²) in [5, 5.41) is 21.0. The molecule has 1 atom stereocenters. The molecule has 34 heavy (non-hydrogen) atoms. The Morgan fingerprint density at radius 2 is 1.62 bits per heavy atom. The van der Waals surface area contributed by atoms with Crippen molar-refractivity contribution >= 4 is 29.1 Å². The fourth-order valence-corrected chi connectivity index (χ4v) is 3.98. The third-order valence-corrected chi connectivity index (χ3v) is 5.73. The summed E-state index contributed by atoms with van der Waals surface area (Å²) in [5.41, 5.74) is -0.314. The molecule has 3 aromatic rings. The van der Waals surface area contributed by atoms with Crippen LogP contribution in [0.2, 0.25) is 5.02 Å². The third-order valence-electron chi connectivity index (χ3n) is 5.47. The number of carbonyl (C=O) groups excluding carboxylic acids is 2. The number of nitrogens with zero attached hydrogens (tertiary/aromatic N) is 1. The Kier molecular flexibility index (Phi) is 6.10. The van der Waals surface area contributed by atoms with E-state index in [1.165, 1.54) is 60.7 Å². The fourth-order valence-electron chi connectivity index (χ4n) is 3.85. The van der Waals surface area contributed by atoms with Gasteiger partial charge >= 0.3 is 6.18 Å². The number of ketones is 1. The third kappa shape index (κ3) is 4.49. The van der Waals surface area contributed by atoms with E-state index in [1.807, 2.05) is 0 Å². The number of carbonyl (C=O) groups is 2. The maximum absolute atomic E-state index is 13.2. The lowest BCUT2D eigenvalue weighted by molar-refractivity contribution is -0.140. The Balaban J connectivity index is 1.83. The van der Waals surface area contributed by atoms with Gasteiger partial charge in [-0.15, -0.1) is 0 Å². The fraction of sp³-hybridized carbons (Fsp3) is 0.120. The Morgan fingerprint density at radius 3 is 2.24 bits per heavy atom. The lowest BCUT2D eigenvalue weighted by Crippen LogP contribution is -2.29. The second-order valence-electron chi connectivity index (χ2n) is 7.72. The summed E-state index contributed by atoms with van der Waals surface area (Å²) in [7, 11) is 0. The molecule has 1 saturated heterocycles. The lowest BCUT2D eigenvalue weighted by atomic mass is 9.95. The standard InChI is InChI=1S/C25H17ClF3NO4/c26-18-8-4-16(5-9-18)22(32)20-21(15-6-10-19(31)11-7-15)30(24(34)23(20)33)13-14-2-1-3-17(12-14)25(27,28)29/h1-12,21,31-32H,13H2/b22-20+. The molecule has 9 heteroatoms. The van der Waals surface area contributed by atoms with Crippen molar-refractivity contribution < 1.29 is 33.0 Å². The molecule has 1 unspecified atom stereocenters. The largest absolute Gasteiger partial charge is 0.508 e. The van der Waals surface area contributed by atoms with Crippen LogP contribution in [0.4, 0.5) is 13.2 Å². The van der Waals surface area contributed by atoms with E-state index in [2.05, 4.69) is 0 Å². The molecule has 5 nitrogen and oxygen atoms in total. The van der Waals surface area contributed by atoms with Gasteiger partial charge in [-0.3, -0.25) is 9.59 Å². The number of hydrogen-bond donors (Lipinski definition) is 2. The van der Waals surface area contributed by atoms with E-state index in [0.717, 1.165) is 17.0 Å². The molecule has 3 aromatic carbocycles. The van der Waals surface area contributed by atoms with Crippen LogP contribution >= 0.6 is 11.6 Å². The van der Waals surface area contributed by atoms with Gasteiger partial charge in [0, 0.05) is 17.1 Å². The molecule has 2 N–H and O–H groups in total. The van der Waals surface area contributed by atoms with Gasteiger partial charge in [-0.2, -0.15) is 13.2 Å². The van der Waals surface area contributed by atoms with Crippen LogP contribution in [0.3, 0.4) is 0 Å². The molecule has 1 amide bonds. The van der Waals surface area contributed by atoms with E-state index >= 15 is 0 Å². The highest BCUT2D eigenvalue weighted by molar-refractivity contribution is 6.46. The average Bonchev–Trinajstić information content (AvgIpc) is 3.04. The Labute approximate surface area is 197 Å². The van der Waals surface area contributed by atoms with Gasteiger partial charge in [0.1, 0.15) is 11.5 Å². The van der Waals surface area contributed by atoms with E-state index in [1.54, 1.807) is 0 Å². The van der Waals surface area contributed by atoms with Crippen LogP contribution in [-0.2, 0) is 22.3 Å². The van der Waals surface area contributed by atoms with E-state index in [0.29, 0.717) is 10.6 Å². The number of benzene rings is 3. The van der Waals surface area contributed by atoms with Crippen molar-refractivity contribution in [2.45, 2.75) is 18.8 Å². The Bertz CT molecular complexity index is 1280. The van der Waals surface area contributed by atoms with Gasteiger partial charge in [0.25, 0.3) is 11.7 Å². The molecular formula is C25H17ClF3NO4. The minimum Gasteiger partial charge on any atom is -0.508 e. The summed E-state index contributed by atoms with van der Waals surface area (Å²) >= 11 is 5.89. The monoisotopic (exact) mass is 487 g/mol. The second-order valence-corrected chi connectivity index (χ2v) is 8.16. The van der Waals surface area contributed by atoms with Crippen molar-refractivity contribution in [3.8, 4) is 5.75 Å². The molecule has 0 bridgehead atoms. The predicted octanol–water partition coefficient (Wildman–Crippen LogP) is 5.69. The van der Waals surface area contributed by atoms with Crippen LogP contribution in [-0.4, -0.2) is 26.8 Å². The topological polar surface area (TPSA) is 77.8 Å². The van der Waals surface area contributed by atoms with E-state index < -0.39 is 35.2 Å². The summed E-state index contributed by atoms with van der Waals surface area (Å²) < 4.78 is 39.5. The first-order valence-electron chi connectivity index (χ1n) is 10.1. The van der Waals surface area contributed by atoms with Crippen molar-refractivity contribution in [3.05, 3.63) is 106 Å². The minimum absolute atomic E-state index is 0.0590. The Morgan fingerprint density at radius 1 is 0.971 bits per heavy atom. The number of aliphatic hydroxyl groups is 1. The molecular weight excluding hydrogens is 471 g/mol. The van der Waals surface area contributed by atoms with Crippen LogP contribution in [0.1, 0.15) is 28.3 Å². The van der Waals surface area contributed by atoms with Gasteiger partial charge in [0.15, 0.2) is 0 Å². The number of halogens is 4. The zero-order chi connectivity index (χ0) is 24.6. The lowest BCUT2D eigenvalue weighted by Gasteiger charge is -2.26. The van der Waals surface area contributed by atoms with Crippen LogP contribution in [0, 0.1) is 0 Å². The molecule has 174 valence electrons. The number of alkyl halides is 3. The maximum Gasteiger partial charge on any atom is 0.416 e. The minimum atomic E-state index is -4.57. The molecule has 4 rings (SSSR count). The highest BCUT2D eigenvalue weighted by atomic mass is 35.5. The van der Waals surface area contributed by atoms with E-state index in [-0.39, 0.29) is 29.0 Å². The molecule has 1 fully saturated rings. The van der Waals surface area contributed by atoms with Gasteiger partial charge in [0.2, 0.25) is 0 Å². The summed E-state index contributed by atoms with van der Waals surface area (Å²) in [6.45, 7) is -0.308. The predicted molar refractivity (Wildman–Crippen MR) is 119 cm³/mol. The number of amides is 1. The van der Waals surface area contributed by atoms with Crippen molar-refractivity contribution in [1.82, 2.24) is 4.90 Å². The summed E-state index contributed by atoms with van der Waals surface area (Å²) in [5.74, 6) is -2.44. The number of aliphatic hydroxyl groups excluding tert-OH is 1. The highest BCUT2D eigenvalue weighted by Gasteiger charge is 2.46. The summed E-state index contributed by atoms with van der Waals surface area (Å²) in [6, 6.07) is 15.0. The number of phenols is 1. The van der Waals surface area contributed by atoms with Gasteiger partial charge in [-0.05, 0) is 59.7 Å². The summed E-state index contributed by atoms with van der Waals surface area (Å²) in [6.07, 6.45) is -4.57. The van der Waals surface area contributed by atoms with Crippen molar-refractivity contribution in [3.63, 3.8) is 0 Å². The zero-order valence-electron chi connectivity index (χ0n) is 17.4. The average molecular weight is 488 g/mol. The molecule has 0 radical (unpaired) electrons. The molecule has 0 aliphatic carbocycles. The molecule has 1 heterocycles. The molecule has 0 saturated carbocycles. The normalized spacial score (nSPS) is 17.9.